The van der Waals surface area contributed by atoms with Gasteiger partial charge in [0, 0.05) is 11.8 Å². The van der Waals surface area contributed by atoms with Crippen molar-refractivity contribution in [2.24, 2.45) is 0 Å². The van der Waals surface area contributed by atoms with E-state index in [1.807, 2.05) is 12.1 Å². The number of ketones is 1. The first-order valence-corrected chi connectivity index (χ1v) is 7.93. The van der Waals surface area contributed by atoms with Crippen LogP contribution in [-0.2, 0) is 9.84 Å². The smallest absolute Gasteiger partial charge is 0.213 e. The Hall–Kier alpha value is -2.13. The third kappa shape index (κ3) is 3.45. The van der Waals surface area contributed by atoms with Gasteiger partial charge in [0.05, 0.1) is 11.8 Å². The molecule has 0 amide bonds. The number of carbonyl (C=O) groups is 1. The minimum Gasteiger partial charge on any atom is -0.453 e. The third-order valence-corrected chi connectivity index (χ3v) is 4.41. The fourth-order valence-electron chi connectivity index (χ4n) is 1.83. The molecule has 0 N–H and O–H groups in total. The van der Waals surface area contributed by atoms with Crippen LogP contribution in [0.5, 0.6) is 0 Å². The number of fused-ring (bicyclic) bond motifs is 1. The number of nitrogens with zero attached hydrogens (tertiary/aromatic N) is 1. The van der Waals surface area contributed by atoms with Crippen LogP contribution in [0.2, 0.25) is 0 Å². The normalized spacial score (nSPS) is 11.3. The predicted molar refractivity (Wildman–Crippen MR) is 74.0 cm³/mol. The molecule has 6 heteroatoms. The summed E-state index contributed by atoms with van der Waals surface area (Å²) >= 11 is 0. The maximum absolute atomic E-state index is 11.9. The average Bonchev–Trinajstić information content (AvgIpc) is 2.82. The van der Waals surface area contributed by atoms with Crippen molar-refractivity contribution in [3.05, 3.63) is 36.1 Å². The maximum atomic E-state index is 11.9. The largest absolute Gasteiger partial charge is 0.453 e. The number of benzene rings is 1. The molecule has 0 spiro atoms. The van der Waals surface area contributed by atoms with Crippen molar-refractivity contribution in [2.45, 2.75) is 12.8 Å². The minimum atomic E-state index is -3.50. The lowest BCUT2D eigenvalue weighted by molar-refractivity contribution is 0.0992. The van der Waals surface area contributed by atoms with E-state index in [0.717, 1.165) is 5.39 Å². The van der Waals surface area contributed by atoms with Crippen LogP contribution in [0, 0.1) is 11.3 Å². The zero-order valence-corrected chi connectivity index (χ0v) is 11.5. The van der Waals surface area contributed by atoms with E-state index in [0.29, 0.717) is 5.58 Å². The van der Waals surface area contributed by atoms with Gasteiger partial charge in [-0.05, 0) is 18.6 Å². The maximum Gasteiger partial charge on any atom is 0.213 e. The van der Waals surface area contributed by atoms with Gasteiger partial charge in [-0.25, -0.2) is 8.42 Å². The summed E-state index contributed by atoms with van der Waals surface area (Å²) in [4.78, 5) is 11.9. The van der Waals surface area contributed by atoms with E-state index in [2.05, 4.69) is 0 Å². The molecule has 1 aromatic carbocycles. The van der Waals surface area contributed by atoms with E-state index in [-0.39, 0.29) is 24.4 Å². The highest BCUT2D eigenvalue weighted by atomic mass is 32.2. The number of rotatable bonds is 6. The van der Waals surface area contributed by atoms with Gasteiger partial charge in [-0.1, -0.05) is 18.2 Å². The molecule has 0 saturated carbocycles. The molecule has 1 aromatic heterocycles. The number of nitriles is 1. The van der Waals surface area contributed by atoms with Crippen LogP contribution in [0.3, 0.4) is 0 Å². The van der Waals surface area contributed by atoms with Gasteiger partial charge in [-0.15, -0.1) is 0 Å². The van der Waals surface area contributed by atoms with Crippen molar-refractivity contribution in [1.29, 1.82) is 5.26 Å². The van der Waals surface area contributed by atoms with Crippen molar-refractivity contribution in [1.82, 2.24) is 0 Å². The third-order valence-electron chi connectivity index (χ3n) is 2.80. The quantitative estimate of drug-likeness (QED) is 0.602. The Bertz CT molecular complexity index is 735. The number of furan rings is 1. The molecule has 20 heavy (non-hydrogen) atoms. The van der Waals surface area contributed by atoms with Gasteiger partial charge in [0.1, 0.15) is 11.3 Å². The molecule has 2 aromatic rings. The number of hydrogen-bond donors (Lipinski definition) is 0. The highest BCUT2D eigenvalue weighted by Crippen LogP contribution is 2.19. The summed E-state index contributed by atoms with van der Waals surface area (Å²) in [6, 6.07) is 10.5. The molecule has 0 unspecified atom stereocenters. The SMILES string of the molecule is N#CCCCS(=O)(=O)CC(=O)c1cc2ccccc2o1. The first-order valence-electron chi connectivity index (χ1n) is 6.11. The first kappa shape index (κ1) is 14.3. The van der Waals surface area contributed by atoms with Crippen molar-refractivity contribution in [3.8, 4) is 6.07 Å². The van der Waals surface area contributed by atoms with Crippen molar-refractivity contribution in [2.75, 3.05) is 11.5 Å². The molecule has 104 valence electrons. The van der Waals surface area contributed by atoms with E-state index >= 15 is 0 Å². The van der Waals surface area contributed by atoms with Gasteiger partial charge >= 0.3 is 0 Å². The van der Waals surface area contributed by atoms with E-state index in [1.54, 1.807) is 24.3 Å². The van der Waals surface area contributed by atoms with E-state index < -0.39 is 21.4 Å². The predicted octanol–water partition coefficient (Wildman–Crippen LogP) is 2.33. The summed E-state index contributed by atoms with van der Waals surface area (Å²) in [5, 5.41) is 9.14. The molecule has 5 nitrogen and oxygen atoms in total. The van der Waals surface area contributed by atoms with Crippen LogP contribution in [0.4, 0.5) is 0 Å². The Kier molecular flexibility index (Phi) is 4.20. The Morgan fingerprint density at radius 2 is 2.05 bits per heavy atom. The molecule has 0 fully saturated rings. The second-order valence-electron chi connectivity index (χ2n) is 4.43. The molecular formula is C14H13NO4S. The Morgan fingerprint density at radius 1 is 1.30 bits per heavy atom. The molecule has 0 aliphatic rings. The summed E-state index contributed by atoms with van der Waals surface area (Å²) in [5.74, 6) is -1.25. The lowest BCUT2D eigenvalue weighted by Gasteiger charge is -2.00. The number of carbonyl (C=O) groups excluding carboxylic acids is 1. The summed E-state index contributed by atoms with van der Waals surface area (Å²) in [5.41, 5.74) is 0.553. The lowest BCUT2D eigenvalue weighted by atomic mass is 10.2. The van der Waals surface area contributed by atoms with Gasteiger partial charge in [-0.3, -0.25) is 4.79 Å². The zero-order valence-electron chi connectivity index (χ0n) is 10.7. The highest BCUT2D eigenvalue weighted by Gasteiger charge is 2.20. The number of para-hydroxylation sites is 1. The van der Waals surface area contributed by atoms with Crippen LogP contribution in [0.1, 0.15) is 23.4 Å². The van der Waals surface area contributed by atoms with Crippen LogP contribution in [-0.4, -0.2) is 25.7 Å². The van der Waals surface area contributed by atoms with Crippen molar-refractivity contribution < 1.29 is 17.6 Å². The molecule has 0 saturated heterocycles. The summed E-state index contributed by atoms with van der Waals surface area (Å²) in [6.07, 6.45) is 0.407. The summed E-state index contributed by atoms with van der Waals surface area (Å²) in [7, 11) is -3.50. The molecule has 0 radical (unpaired) electrons. The van der Waals surface area contributed by atoms with Gasteiger partial charge in [0.2, 0.25) is 5.78 Å². The van der Waals surface area contributed by atoms with Gasteiger partial charge in [0.15, 0.2) is 15.6 Å². The molecule has 0 atom stereocenters. The lowest BCUT2D eigenvalue weighted by Crippen LogP contribution is -2.18. The van der Waals surface area contributed by atoms with E-state index in [4.69, 9.17) is 9.68 Å². The van der Waals surface area contributed by atoms with Crippen LogP contribution < -0.4 is 0 Å². The Labute approximate surface area is 116 Å². The molecular weight excluding hydrogens is 278 g/mol. The molecule has 1 heterocycles. The molecule has 0 bridgehead atoms. The topological polar surface area (TPSA) is 88.1 Å². The Balaban J connectivity index is 2.10. The van der Waals surface area contributed by atoms with Crippen LogP contribution in [0.15, 0.2) is 34.7 Å². The standard InChI is InChI=1S/C14H13NO4S/c15-7-3-4-8-20(17,18)10-12(16)14-9-11-5-1-2-6-13(11)19-14/h1-2,5-6,9H,3-4,8,10H2. The fourth-order valence-corrected chi connectivity index (χ4v) is 3.10. The number of Topliss-reactive ketones (excluding diaryl/α,β-unsaturated/α-hetero) is 1. The zero-order chi connectivity index (χ0) is 14.6. The monoisotopic (exact) mass is 291 g/mol. The average molecular weight is 291 g/mol. The van der Waals surface area contributed by atoms with Gasteiger partial charge < -0.3 is 4.42 Å². The van der Waals surface area contributed by atoms with Gasteiger partial charge in [0.25, 0.3) is 0 Å². The summed E-state index contributed by atoms with van der Waals surface area (Å²) < 4.78 is 28.8. The highest BCUT2D eigenvalue weighted by molar-refractivity contribution is 7.92. The van der Waals surface area contributed by atoms with Crippen molar-refractivity contribution in [3.63, 3.8) is 0 Å². The van der Waals surface area contributed by atoms with Crippen molar-refractivity contribution >= 4 is 26.6 Å². The summed E-state index contributed by atoms with van der Waals surface area (Å²) in [6.45, 7) is 0. The van der Waals surface area contributed by atoms with Crippen LogP contribution in [0.25, 0.3) is 11.0 Å². The molecule has 2 rings (SSSR count). The van der Waals surface area contributed by atoms with Gasteiger partial charge in [-0.2, -0.15) is 5.26 Å². The molecule has 0 aliphatic carbocycles. The fraction of sp³-hybridized carbons (Fsp3) is 0.286. The van der Waals surface area contributed by atoms with E-state index in [1.165, 1.54) is 0 Å². The minimum absolute atomic E-state index is 0.0510. The second kappa shape index (κ2) is 5.88. The Morgan fingerprint density at radius 3 is 2.75 bits per heavy atom. The number of hydrogen-bond acceptors (Lipinski definition) is 5. The second-order valence-corrected chi connectivity index (χ2v) is 6.61. The number of unbranched alkanes of at least 4 members (excludes halogenated alkanes) is 1. The number of sulfone groups is 1. The van der Waals surface area contributed by atoms with E-state index in [9.17, 15) is 13.2 Å². The molecule has 0 aliphatic heterocycles. The van der Waals surface area contributed by atoms with Crippen LogP contribution >= 0.6 is 0 Å². The first-order chi connectivity index (χ1) is 9.52.